The van der Waals surface area contributed by atoms with Crippen LogP contribution in [0.25, 0.3) is 0 Å². The van der Waals surface area contributed by atoms with E-state index in [-0.39, 0.29) is 0 Å². The van der Waals surface area contributed by atoms with Gasteiger partial charge in [-0.3, -0.25) is 0 Å². The highest BCUT2D eigenvalue weighted by Crippen LogP contribution is 2.38. The molecule has 1 heterocycles. The highest BCUT2D eigenvalue weighted by molar-refractivity contribution is 5.41. The molecule has 0 radical (unpaired) electrons. The van der Waals surface area contributed by atoms with Gasteiger partial charge in [0.15, 0.2) is 0 Å². The van der Waals surface area contributed by atoms with Gasteiger partial charge < -0.3 is 14.8 Å². The van der Waals surface area contributed by atoms with Crippen molar-refractivity contribution in [1.29, 1.82) is 0 Å². The first-order valence-corrected chi connectivity index (χ1v) is 5.81. The normalized spacial score (nSPS) is 18.8. The number of hydrogen-bond acceptors (Lipinski definition) is 3. The Balaban J connectivity index is 2.35. The lowest BCUT2D eigenvalue weighted by atomic mass is 9.86. The Kier molecular flexibility index (Phi) is 3.52. The van der Waals surface area contributed by atoms with Gasteiger partial charge in [0.25, 0.3) is 0 Å². The number of methoxy groups -OCH3 is 2. The third-order valence-corrected chi connectivity index (χ3v) is 3.26. The van der Waals surface area contributed by atoms with Crippen LogP contribution >= 0.6 is 0 Å². The van der Waals surface area contributed by atoms with Gasteiger partial charge in [0.1, 0.15) is 17.2 Å². The minimum Gasteiger partial charge on any atom is -0.497 e. The van der Waals surface area contributed by atoms with E-state index in [1.807, 2.05) is 0 Å². The minimum atomic E-state index is -1.27. The molecular weight excluding hydrogens is 221 g/mol. The summed E-state index contributed by atoms with van der Waals surface area (Å²) in [5, 5.41) is 3.16. The van der Waals surface area contributed by atoms with E-state index >= 15 is 0 Å². The number of benzene rings is 1. The van der Waals surface area contributed by atoms with Crippen molar-refractivity contribution >= 4 is 0 Å². The van der Waals surface area contributed by atoms with Gasteiger partial charge in [-0.15, -0.1) is 0 Å². The first-order chi connectivity index (χ1) is 8.18. The van der Waals surface area contributed by atoms with Crippen LogP contribution in [0.15, 0.2) is 18.2 Å². The van der Waals surface area contributed by atoms with Gasteiger partial charge in [0.2, 0.25) is 0 Å². The topological polar surface area (TPSA) is 30.5 Å². The van der Waals surface area contributed by atoms with Crippen LogP contribution in [-0.4, -0.2) is 27.3 Å². The molecule has 94 valence electrons. The molecule has 1 aromatic rings. The summed E-state index contributed by atoms with van der Waals surface area (Å²) in [7, 11) is 3.15. The van der Waals surface area contributed by atoms with Crippen LogP contribution in [-0.2, 0) is 5.67 Å². The fourth-order valence-electron chi connectivity index (χ4n) is 2.18. The summed E-state index contributed by atoms with van der Waals surface area (Å²) < 4.78 is 25.1. The smallest absolute Gasteiger partial charge is 0.138 e. The molecule has 0 aliphatic carbocycles. The van der Waals surface area contributed by atoms with Crippen molar-refractivity contribution in [2.24, 2.45) is 0 Å². The van der Waals surface area contributed by atoms with Crippen LogP contribution in [0.3, 0.4) is 0 Å². The Morgan fingerprint density at radius 3 is 2.06 bits per heavy atom. The standard InChI is InChI=1S/C13H18FNO2/c1-16-11-7-10(8-12(9-11)17-2)13(14)3-5-15-6-4-13/h7-9,15H,3-6H2,1-2H3. The predicted octanol–water partition coefficient (Wildman–Crippen LogP) is 2.25. The van der Waals surface area contributed by atoms with Crippen LogP contribution in [0.1, 0.15) is 18.4 Å². The van der Waals surface area contributed by atoms with Crippen molar-refractivity contribution in [3.8, 4) is 11.5 Å². The first kappa shape index (κ1) is 12.2. The molecule has 0 unspecified atom stereocenters. The highest BCUT2D eigenvalue weighted by atomic mass is 19.1. The van der Waals surface area contributed by atoms with E-state index in [0.29, 0.717) is 43.0 Å². The Labute approximate surface area is 101 Å². The van der Waals surface area contributed by atoms with Crippen molar-refractivity contribution in [3.63, 3.8) is 0 Å². The zero-order valence-electron chi connectivity index (χ0n) is 10.3. The molecule has 1 aromatic carbocycles. The van der Waals surface area contributed by atoms with Crippen LogP contribution in [0.4, 0.5) is 4.39 Å². The van der Waals surface area contributed by atoms with Crippen LogP contribution in [0.5, 0.6) is 11.5 Å². The van der Waals surface area contributed by atoms with E-state index in [1.54, 1.807) is 32.4 Å². The molecule has 0 aromatic heterocycles. The maximum atomic E-state index is 14.8. The molecule has 1 saturated heterocycles. The van der Waals surface area contributed by atoms with Gasteiger partial charge in [0.05, 0.1) is 14.2 Å². The average Bonchev–Trinajstić information content (AvgIpc) is 2.39. The zero-order chi connectivity index (χ0) is 12.3. The molecule has 3 nitrogen and oxygen atoms in total. The average molecular weight is 239 g/mol. The Morgan fingerprint density at radius 2 is 1.59 bits per heavy atom. The number of hydrogen-bond donors (Lipinski definition) is 1. The molecule has 0 bridgehead atoms. The molecular formula is C13H18FNO2. The van der Waals surface area contributed by atoms with Gasteiger partial charge in [0, 0.05) is 6.07 Å². The Morgan fingerprint density at radius 1 is 1.06 bits per heavy atom. The first-order valence-electron chi connectivity index (χ1n) is 5.81. The molecule has 0 saturated carbocycles. The van der Waals surface area contributed by atoms with E-state index in [4.69, 9.17) is 9.47 Å². The Bertz CT molecular complexity index is 367. The van der Waals surface area contributed by atoms with E-state index in [9.17, 15) is 4.39 Å². The molecule has 1 aliphatic heterocycles. The molecule has 1 N–H and O–H groups in total. The number of nitrogens with one attached hydrogen (secondary N) is 1. The van der Waals surface area contributed by atoms with Crippen molar-refractivity contribution < 1.29 is 13.9 Å². The summed E-state index contributed by atoms with van der Waals surface area (Å²) >= 11 is 0. The summed E-state index contributed by atoms with van der Waals surface area (Å²) in [6.45, 7) is 1.41. The molecule has 1 aliphatic rings. The summed E-state index contributed by atoms with van der Waals surface area (Å²) in [4.78, 5) is 0. The van der Waals surface area contributed by atoms with Crippen LogP contribution in [0, 0.1) is 0 Å². The van der Waals surface area contributed by atoms with Gasteiger partial charge in [-0.2, -0.15) is 0 Å². The molecule has 0 atom stereocenters. The molecule has 4 heteroatoms. The maximum Gasteiger partial charge on any atom is 0.138 e. The summed E-state index contributed by atoms with van der Waals surface area (Å²) in [6.07, 6.45) is 0.979. The highest BCUT2D eigenvalue weighted by Gasteiger charge is 2.34. The minimum absolute atomic E-state index is 0.489. The second-order valence-electron chi connectivity index (χ2n) is 4.32. The van der Waals surface area contributed by atoms with E-state index in [2.05, 4.69) is 5.32 Å². The Hall–Kier alpha value is -1.29. The number of piperidine rings is 1. The predicted molar refractivity (Wildman–Crippen MR) is 64.4 cm³/mol. The van der Waals surface area contributed by atoms with Crippen LogP contribution < -0.4 is 14.8 Å². The van der Waals surface area contributed by atoms with E-state index in [0.717, 1.165) is 0 Å². The van der Waals surface area contributed by atoms with E-state index < -0.39 is 5.67 Å². The lowest BCUT2D eigenvalue weighted by Gasteiger charge is -2.30. The second kappa shape index (κ2) is 4.92. The number of alkyl halides is 1. The number of halogens is 1. The largest absolute Gasteiger partial charge is 0.497 e. The van der Waals surface area contributed by atoms with Gasteiger partial charge in [-0.25, -0.2) is 4.39 Å². The molecule has 17 heavy (non-hydrogen) atoms. The second-order valence-corrected chi connectivity index (χ2v) is 4.32. The molecule has 1 fully saturated rings. The summed E-state index contributed by atoms with van der Waals surface area (Å²) in [5.74, 6) is 1.27. The summed E-state index contributed by atoms with van der Waals surface area (Å²) in [6, 6.07) is 5.27. The molecule has 0 amide bonds. The fraction of sp³-hybridized carbons (Fsp3) is 0.538. The lowest BCUT2D eigenvalue weighted by Crippen LogP contribution is -2.36. The quantitative estimate of drug-likeness (QED) is 0.877. The molecule has 2 rings (SSSR count). The van der Waals surface area contributed by atoms with Gasteiger partial charge in [-0.1, -0.05) is 0 Å². The van der Waals surface area contributed by atoms with Gasteiger partial charge >= 0.3 is 0 Å². The lowest BCUT2D eigenvalue weighted by molar-refractivity contribution is 0.114. The number of rotatable bonds is 3. The molecule has 0 spiro atoms. The summed E-state index contributed by atoms with van der Waals surface area (Å²) in [5.41, 5.74) is -0.622. The van der Waals surface area contributed by atoms with E-state index in [1.165, 1.54) is 0 Å². The maximum absolute atomic E-state index is 14.8. The third-order valence-electron chi connectivity index (χ3n) is 3.26. The monoisotopic (exact) mass is 239 g/mol. The van der Waals surface area contributed by atoms with Crippen molar-refractivity contribution in [1.82, 2.24) is 5.32 Å². The third kappa shape index (κ3) is 2.52. The zero-order valence-corrected chi connectivity index (χ0v) is 10.3. The van der Waals surface area contributed by atoms with Gasteiger partial charge in [-0.05, 0) is 43.6 Å². The van der Waals surface area contributed by atoms with Crippen molar-refractivity contribution in [2.45, 2.75) is 18.5 Å². The van der Waals surface area contributed by atoms with Crippen LogP contribution in [0.2, 0.25) is 0 Å². The number of ether oxygens (including phenoxy) is 2. The van der Waals surface area contributed by atoms with Crippen molar-refractivity contribution in [3.05, 3.63) is 23.8 Å². The fourth-order valence-corrected chi connectivity index (χ4v) is 2.18. The van der Waals surface area contributed by atoms with Crippen molar-refractivity contribution in [2.75, 3.05) is 27.3 Å². The SMILES string of the molecule is COc1cc(OC)cc(C2(F)CCNCC2)c1.